The molecule has 0 aliphatic heterocycles. The van der Waals surface area contributed by atoms with Crippen LogP contribution in [0.4, 0.5) is 0 Å². The zero-order valence-electron chi connectivity index (χ0n) is 4.17. The van der Waals surface area contributed by atoms with Crippen molar-refractivity contribution >= 4 is 0 Å². The smallest absolute Gasteiger partial charge is 0.00624 e. The molecule has 0 aromatic heterocycles. The summed E-state index contributed by atoms with van der Waals surface area (Å²) < 4.78 is 0. The van der Waals surface area contributed by atoms with Gasteiger partial charge in [0, 0.05) is 0 Å². The monoisotopic (exact) mass is 95.1 g/mol. The van der Waals surface area contributed by atoms with Crippen molar-refractivity contribution in [3.8, 4) is 0 Å². The Morgan fingerprint density at radius 3 is 2.29 bits per heavy atom. The van der Waals surface area contributed by atoms with Crippen LogP contribution in [0.15, 0.2) is 37.1 Å². The van der Waals surface area contributed by atoms with Crippen molar-refractivity contribution in [1.82, 2.24) is 0 Å². The molecular formula is C6H9N. The quantitative estimate of drug-likeness (QED) is 0.512. The first-order chi connectivity index (χ1) is 3.41. The molecule has 0 amide bonds. The third-order valence-electron chi connectivity index (χ3n) is 0.469. The summed E-state index contributed by atoms with van der Waals surface area (Å²) in [6.45, 7) is 3.47. The first-order valence-corrected chi connectivity index (χ1v) is 2.07. The van der Waals surface area contributed by atoms with Gasteiger partial charge in [0.05, 0.1) is 0 Å². The van der Waals surface area contributed by atoms with E-state index in [1.807, 2.05) is 12.2 Å². The zero-order chi connectivity index (χ0) is 5.54. The van der Waals surface area contributed by atoms with Gasteiger partial charge in [-0.15, -0.1) is 0 Å². The van der Waals surface area contributed by atoms with Crippen molar-refractivity contribution in [1.29, 1.82) is 0 Å². The van der Waals surface area contributed by atoms with Crippen LogP contribution in [0, 0.1) is 0 Å². The number of hydrogen-bond acceptors (Lipinski definition) is 1. The Kier molecular flexibility index (Phi) is 4.32. The summed E-state index contributed by atoms with van der Waals surface area (Å²) in [4.78, 5) is 0. The predicted octanol–water partition coefficient (Wildman–Crippen LogP) is 1.20. The molecule has 0 heterocycles. The molecule has 0 aromatic carbocycles. The fourth-order valence-corrected chi connectivity index (χ4v) is 0.207. The molecular weight excluding hydrogens is 86.1 g/mol. The summed E-state index contributed by atoms with van der Waals surface area (Å²) in [6.07, 6.45) is 8.53. The molecule has 7 heavy (non-hydrogen) atoms. The van der Waals surface area contributed by atoms with Crippen LogP contribution < -0.4 is 5.73 Å². The van der Waals surface area contributed by atoms with Crippen LogP contribution in [0.3, 0.4) is 0 Å². The van der Waals surface area contributed by atoms with E-state index in [9.17, 15) is 0 Å². The molecule has 0 rings (SSSR count). The van der Waals surface area contributed by atoms with Crippen molar-refractivity contribution in [3.63, 3.8) is 0 Å². The van der Waals surface area contributed by atoms with Crippen LogP contribution in [0.1, 0.15) is 0 Å². The highest BCUT2D eigenvalue weighted by molar-refractivity contribution is 5.07. The van der Waals surface area contributed by atoms with Crippen LogP contribution in [0.5, 0.6) is 0 Å². The van der Waals surface area contributed by atoms with Crippen molar-refractivity contribution < 1.29 is 0 Å². The second kappa shape index (κ2) is 5.02. The van der Waals surface area contributed by atoms with Gasteiger partial charge in [0.1, 0.15) is 0 Å². The highest BCUT2D eigenvalue weighted by atomic mass is 14.5. The summed E-state index contributed by atoms with van der Waals surface area (Å²) in [5.74, 6) is 0. The Morgan fingerprint density at radius 1 is 1.14 bits per heavy atom. The molecule has 1 nitrogen and oxygen atoms in total. The largest absolute Gasteiger partial charge is 0.405 e. The van der Waals surface area contributed by atoms with Crippen LogP contribution >= 0.6 is 0 Å². The minimum absolute atomic E-state index is 1.47. The van der Waals surface area contributed by atoms with Gasteiger partial charge in [-0.25, -0.2) is 0 Å². The first kappa shape index (κ1) is 6.02. The minimum atomic E-state index is 1.47. The minimum Gasteiger partial charge on any atom is -0.405 e. The van der Waals surface area contributed by atoms with Gasteiger partial charge in [0.2, 0.25) is 0 Å². The standard InChI is InChI=1S/C6H9N/c1-2-3-4-5-6-7/h2-6H,1,7H2/b4-3-,6-5-. The zero-order valence-corrected chi connectivity index (χ0v) is 4.17. The van der Waals surface area contributed by atoms with Gasteiger partial charge in [-0.05, 0) is 12.3 Å². The molecule has 1 heteroatoms. The van der Waals surface area contributed by atoms with E-state index in [2.05, 4.69) is 6.58 Å². The summed E-state index contributed by atoms with van der Waals surface area (Å²) >= 11 is 0. The van der Waals surface area contributed by atoms with Crippen LogP contribution in [0.2, 0.25) is 0 Å². The highest BCUT2D eigenvalue weighted by Crippen LogP contribution is 1.71. The van der Waals surface area contributed by atoms with Crippen molar-refractivity contribution in [3.05, 3.63) is 37.1 Å². The van der Waals surface area contributed by atoms with E-state index in [1.54, 1.807) is 12.2 Å². The summed E-state index contributed by atoms with van der Waals surface area (Å²) in [7, 11) is 0. The average molecular weight is 95.1 g/mol. The molecule has 0 aromatic rings. The molecule has 0 saturated carbocycles. The van der Waals surface area contributed by atoms with Crippen molar-refractivity contribution in [2.45, 2.75) is 0 Å². The second-order valence-corrected chi connectivity index (χ2v) is 1.01. The maximum absolute atomic E-state index is 5.00. The summed E-state index contributed by atoms with van der Waals surface area (Å²) in [6, 6.07) is 0. The van der Waals surface area contributed by atoms with E-state index in [0.29, 0.717) is 0 Å². The summed E-state index contributed by atoms with van der Waals surface area (Å²) in [5.41, 5.74) is 5.00. The maximum Gasteiger partial charge on any atom is -0.00624 e. The lowest BCUT2D eigenvalue weighted by Crippen LogP contribution is -1.71. The Morgan fingerprint density at radius 2 is 1.86 bits per heavy atom. The van der Waals surface area contributed by atoms with E-state index in [-0.39, 0.29) is 0 Å². The van der Waals surface area contributed by atoms with E-state index in [1.165, 1.54) is 6.20 Å². The van der Waals surface area contributed by atoms with Gasteiger partial charge >= 0.3 is 0 Å². The SMILES string of the molecule is C=C/C=C\C=C/N. The van der Waals surface area contributed by atoms with Crippen molar-refractivity contribution in [2.24, 2.45) is 5.73 Å². The number of hydrogen-bond donors (Lipinski definition) is 1. The number of allylic oxidation sites excluding steroid dienone is 4. The molecule has 0 spiro atoms. The Hall–Kier alpha value is -0.980. The van der Waals surface area contributed by atoms with Gasteiger partial charge in [0.15, 0.2) is 0 Å². The number of rotatable bonds is 2. The maximum atomic E-state index is 5.00. The fourth-order valence-electron chi connectivity index (χ4n) is 0.207. The third-order valence-corrected chi connectivity index (χ3v) is 0.469. The molecule has 0 radical (unpaired) electrons. The molecule has 0 unspecified atom stereocenters. The fraction of sp³-hybridized carbons (Fsp3) is 0. The van der Waals surface area contributed by atoms with E-state index < -0.39 is 0 Å². The van der Waals surface area contributed by atoms with Crippen LogP contribution in [-0.4, -0.2) is 0 Å². The Balaban J connectivity index is 3.27. The number of nitrogens with two attached hydrogens (primary N) is 1. The highest BCUT2D eigenvalue weighted by Gasteiger charge is 1.52. The molecule has 0 bridgehead atoms. The molecule has 0 saturated heterocycles. The van der Waals surface area contributed by atoms with E-state index >= 15 is 0 Å². The lowest BCUT2D eigenvalue weighted by molar-refractivity contribution is 1.60. The second-order valence-electron chi connectivity index (χ2n) is 1.01. The Bertz CT molecular complexity index is 90.4. The molecule has 2 N–H and O–H groups in total. The van der Waals surface area contributed by atoms with Crippen LogP contribution in [0.25, 0.3) is 0 Å². The average Bonchev–Trinajstić information content (AvgIpc) is 1.69. The lowest BCUT2D eigenvalue weighted by Gasteiger charge is -1.66. The molecule has 0 aliphatic rings. The Labute approximate surface area is 43.8 Å². The van der Waals surface area contributed by atoms with Gasteiger partial charge in [-0.3, -0.25) is 0 Å². The predicted molar refractivity (Wildman–Crippen MR) is 32.7 cm³/mol. The molecule has 0 atom stereocenters. The van der Waals surface area contributed by atoms with Crippen molar-refractivity contribution in [2.75, 3.05) is 0 Å². The first-order valence-electron chi connectivity index (χ1n) is 2.07. The molecule has 38 valence electrons. The van der Waals surface area contributed by atoms with Gasteiger partial charge in [-0.2, -0.15) is 0 Å². The summed E-state index contributed by atoms with van der Waals surface area (Å²) in [5, 5.41) is 0. The van der Waals surface area contributed by atoms with E-state index in [4.69, 9.17) is 5.73 Å². The molecule has 0 fully saturated rings. The lowest BCUT2D eigenvalue weighted by atomic mass is 10.5. The van der Waals surface area contributed by atoms with Crippen LogP contribution in [-0.2, 0) is 0 Å². The third kappa shape index (κ3) is 5.02. The van der Waals surface area contributed by atoms with Gasteiger partial charge in [-0.1, -0.05) is 24.8 Å². The van der Waals surface area contributed by atoms with Gasteiger partial charge < -0.3 is 5.73 Å². The van der Waals surface area contributed by atoms with E-state index in [0.717, 1.165) is 0 Å². The van der Waals surface area contributed by atoms with Gasteiger partial charge in [0.25, 0.3) is 0 Å². The normalized spacial score (nSPS) is 10.9. The topological polar surface area (TPSA) is 26.0 Å². The molecule has 0 aliphatic carbocycles.